The summed E-state index contributed by atoms with van der Waals surface area (Å²) in [5, 5.41) is 4.81. The van der Waals surface area contributed by atoms with Crippen LogP contribution in [0.1, 0.15) is 17.9 Å². The van der Waals surface area contributed by atoms with Crippen molar-refractivity contribution in [1.29, 1.82) is 0 Å². The number of anilines is 1. The number of hydrogen-bond acceptors (Lipinski definition) is 4. The molecule has 5 rings (SSSR count). The molecule has 3 aromatic carbocycles. The maximum Gasteiger partial charge on any atom is 0.573 e. The Morgan fingerprint density at radius 3 is 2.31 bits per heavy atom. The molecule has 0 amide bonds. The first kappa shape index (κ1) is 22.9. The highest BCUT2D eigenvalue weighted by molar-refractivity contribution is 7.80. The predicted octanol–water partition coefficient (Wildman–Crippen LogP) is 5.44. The molecule has 10 heteroatoms. The molecule has 178 valence electrons. The summed E-state index contributed by atoms with van der Waals surface area (Å²) >= 11 is 5.30. The van der Waals surface area contributed by atoms with Crippen LogP contribution in [-0.4, -0.2) is 32.3 Å². The first-order valence-electron chi connectivity index (χ1n) is 10.8. The predicted molar refractivity (Wildman–Crippen MR) is 130 cm³/mol. The van der Waals surface area contributed by atoms with Gasteiger partial charge in [-0.15, -0.1) is 18.3 Å². The number of ether oxygens (including phenoxy) is 1. The van der Waals surface area contributed by atoms with Gasteiger partial charge in [0.2, 0.25) is 0 Å². The van der Waals surface area contributed by atoms with E-state index in [1.54, 1.807) is 0 Å². The summed E-state index contributed by atoms with van der Waals surface area (Å²) < 4.78 is 42.4. The van der Waals surface area contributed by atoms with Gasteiger partial charge in [-0.2, -0.15) is 0 Å². The Kier molecular flexibility index (Phi) is 5.89. The van der Waals surface area contributed by atoms with E-state index in [1.807, 2.05) is 59.5 Å². The van der Waals surface area contributed by atoms with Crippen LogP contribution in [0, 0.1) is 0 Å². The molecule has 0 spiro atoms. The number of thiocarbonyl (C=S) groups is 1. The Hall–Kier alpha value is -3.92. The molecular weight excluding hydrogens is 475 g/mol. The molecule has 1 aliphatic rings. The second kappa shape index (κ2) is 9.03. The molecule has 6 nitrogen and oxygen atoms in total. The van der Waals surface area contributed by atoms with E-state index in [0.29, 0.717) is 22.5 Å². The third-order valence-electron chi connectivity index (χ3n) is 5.78. The summed E-state index contributed by atoms with van der Waals surface area (Å²) in [7, 11) is 0. The highest BCUT2D eigenvalue weighted by Gasteiger charge is 2.44. The fourth-order valence-corrected chi connectivity index (χ4v) is 4.34. The van der Waals surface area contributed by atoms with Crippen LogP contribution < -0.4 is 15.4 Å². The summed E-state index contributed by atoms with van der Waals surface area (Å²) in [6.45, 7) is 0. The normalized spacial score (nSPS) is 17.1. The van der Waals surface area contributed by atoms with Gasteiger partial charge in [-0.3, -0.25) is 0 Å². The molecule has 2 N–H and O–H groups in total. The van der Waals surface area contributed by atoms with Crippen molar-refractivity contribution in [2.45, 2.75) is 24.7 Å². The lowest BCUT2D eigenvalue weighted by atomic mass is 10.1. The molecule has 1 heterocycles. The van der Waals surface area contributed by atoms with Crippen LogP contribution in [0.4, 0.5) is 18.9 Å². The summed E-state index contributed by atoms with van der Waals surface area (Å²) in [5.74, 6) is 0.527. The lowest BCUT2D eigenvalue weighted by molar-refractivity contribution is -0.274. The molecule has 0 aliphatic heterocycles. The SMILES string of the molecule is NC(=S)N(c1ccccc1)C1CC1c1ccc(-c2ncn(-c3ccc(OC(F)(F)F)cc3)n2)cc1. The standard InChI is InChI=1S/C25H20F3N5OS/c26-25(27,28)34-20-12-10-18(11-13-20)32-15-30-23(31-32)17-8-6-16(7-9-17)21-14-22(21)33(24(29)35)19-4-2-1-3-5-19/h1-13,15,21-22H,14H2,(H2,29,35). The van der Waals surface area contributed by atoms with Gasteiger partial charge in [-0.1, -0.05) is 42.5 Å². The Bertz CT molecular complexity index is 1320. The molecule has 1 fully saturated rings. The highest BCUT2D eigenvalue weighted by Crippen LogP contribution is 2.46. The number of halogens is 3. The molecule has 0 saturated heterocycles. The van der Waals surface area contributed by atoms with Crippen LogP contribution >= 0.6 is 12.2 Å². The summed E-state index contributed by atoms with van der Waals surface area (Å²) in [6, 6.07) is 23.5. The molecule has 1 saturated carbocycles. The topological polar surface area (TPSA) is 69.2 Å². The zero-order chi connectivity index (χ0) is 24.6. The van der Waals surface area contributed by atoms with Crippen LogP contribution in [0.3, 0.4) is 0 Å². The lowest BCUT2D eigenvalue weighted by Gasteiger charge is -2.23. The molecule has 0 bridgehead atoms. The summed E-state index contributed by atoms with van der Waals surface area (Å²) in [4.78, 5) is 6.34. The number of rotatable bonds is 6. The van der Waals surface area contributed by atoms with Gasteiger partial charge in [-0.25, -0.2) is 9.67 Å². The number of benzene rings is 3. The van der Waals surface area contributed by atoms with E-state index < -0.39 is 6.36 Å². The van der Waals surface area contributed by atoms with Gasteiger partial charge in [-0.05, 0) is 60.6 Å². The van der Waals surface area contributed by atoms with Crippen molar-refractivity contribution < 1.29 is 17.9 Å². The third-order valence-corrected chi connectivity index (χ3v) is 5.98. The molecule has 1 aromatic heterocycles. The fourth-order valence-electron chi connectivity index (χ4n) is 4.10. The number of alkyl halides is 3. The van der Waals surface area contributed by atoms with Crippen LogP contribution in [0.15, 0.2) is 85.2 Å². The van der Waals surface area contributed by atoms with E-state index >= 15 is 0 Å². The van der Waals surface area contributed by atoms with E-state index in [4.69, 9.17) is 18.0 Å². The van der Waals surface area contributed by atoms with E-state index in [1.165, 1.54) is 40.8 Å². The van der Waals surface area contributed by atoms with Crippen LogP contribution in [0.5, 0.6) is 5.75 Å². The number of para-hydroxylation sites is 1. The van der Waals surface area contributed by atoms with Gasteiger partial charge in [0.1, 0.15) is 12.1 Å². The maximum atomic E-state index is 12.3. The Morgan fingerprint density at radius 2 is 1.69 bits per heavy atom. The first-order valence-corrected chi connectivity index (χ1v) is 11.2. The van der Waals surface area contributed by atoms with Gasteiger partial charge < -0.3 is 15.4 Å². The van der Waals surface area contributed by atoms with Gasteiger partial charge in [0.25, 0.3) is 0 Å². The minimum atomic E-state index is -4.73. The Morgan fingerprint density at radius 1 is 1.00 bits per heavy atom. The van der Waals surface area contributed by atoms with Crippen LogP contribution in [0.2, 0.25) is 0 Å². The average molecular weight is 496 g/mol. The monoisotopic (exact) mass is 495 g/mol. The van der Waals surface area contributed by atoms with Crippen LogP contribution in [0.25, 0.3) is 17.1 Å². The first-order chi connectivity index (χ1) is 16.8. The van der Waals surface area contributed by atoms with Gasteiger partial charge in [0.15, 0.2) is 10.9 Å². The van der Waals surface area contributed by atoms with E-state index in [0.717, 1.165) is 17.7 Å². The molecular formula is C25H20F3N5OS. The van der Waals surface area contributed by atoms with Gasteiger partial charge in [0, 0.05) is 23.2 Å². The van der Waals surface area contributed by atoms with Crippen molar-refractivity contribution in [1.82, 2.24) is 14.8 Å². The number of nitrogens with two attached hydrogens (primary N) is 1. The second-order valence-corrected chi connectivity index (χ2v) is 8.55. The fraction of sp³-hybridized carbons (Fsp3) is 0.160. The maximum absolute atomic E-state index is 12.3. The van der Waals surface area contributed by atoms with E-state index in [-0.39, 0.29) is 11.8 Å². The van der Waals surface area contributed by atoms with Crippen molar-refractivity contribution in [3.63, 3.8) is 0 Å². The molecule has 2 unspecified atom stereocenters. The van der Waals surface area contributed by atoms with E-state index in [9.17, 15) is 13.2 Å². The zero-order valence-electron chi connectivity index (χ0n) is 18.3. The Labute approximate surface area is 204 Å². The minimum Gasteiger partial charge on any atom is -0.406 e. The number of hydrogen-bond donors (Lipinski definition) is 1. The van der Waals surface area contributed by atoms with Crippen molar-refractivity contribution >= 4 is 23.0 Å². The van der Waals surface area contributed by atoms with Crippen LogP contribution in [-0.2, 0) is 0 Å². The van der Waals surface area contributed by atoms with Crippen molar-refractivity contribution in [3.8, 4) is 22.8 Å². The quantitative estimate of drug-likeness (QED) is 0.360. The summed E-state index contributed by atoms with van der Waals surface area (Å²) in [5.41, 5.74) is 9.57. The van der Waals surface area contributed by atoms with Crippen molar-refractivity contribution in [2.75, 3.05) is 4.90 Å². The zero-order valence-corrected chi connectivity index (χ0v) is 19.1. The largest absolute Gasteiger partial charge is 0.573 e. The molecule has 35 heavy (non-hydrogen) atoms. The minimum absolute atomic E-state index is 0.211. The number of nitrogens with zero attached hydrogens (tertiary/aromatic N) is 4. The summed E-state index contributed by atoms with van der Waals surface area (Å²) in [6.07, 6.45) is -2.27. The van der Waals surface area contributed by atoms with E-state index in [2.05, 4.69) is 14.8 Å². The van der Waals surface area contributed by atoms with Gasteiger partial charge in [0.05, 0.1) is 5.69 Å². The number of aromatic nitrogens is 3. The smallest absolute Gasteiger partial charge is 0.406 e. The average Bonchev–Trinajstić information content (AvgIpc) is 3.44. The van der Waals surface area contributed by atoms with Crippen molar-refractivity contribution in [3.05, 3.63) is 90.8 Å². The molecule has 2 atom stereocenters. The Balaban J connectivity index is 1.28. The van der Waals surface area contributed by atoms with Crippen molar-refractivity contribution in [2.24, 2.45) is 5.73 Å². The lowest BCUT2D eigenvalue weighted by Crippen LogP contribution is -2.38. The highest BCUT2D eigenvalue weighted by atomic mass is 32.1. The molecule has 0 radical (unpaired) electrons. The third kappa shape index (κ3) is 5.12. The second-order valence-electron chi connectivity index (χ2n) is 8.13. The molecule has 1 aliphatic carbocycles. The van der Waals surface area contributed by atoms with Gasteiger partial charge >= 0.3 is 6.36 Å². The molecule has 4 aromatic rings.